The molecule has 3 N–H and O–H groups in total. The minimum Gasteiger partial charge on any atom is -0.507 e. The minimum atomic E-state index is -0.549. The fraction of sp³-hybridized carbons (Fsp3) is 0.182. The van der Waals surface area contributed by atoms with Crippen LogP contribution in [0.1, 0.15) is 30.6 Å². The zero-order valence-corrected chi connectivity index (χ0v) is 18.5. The standard InChI is InChI=1S/C22H18ClN3O5S/c1-25-14-8-17(13-3-2-12(23)7-16(13)27)31-18(14)9-15(25)22(29)26-5-4-11-6-19(21(28)24-30)32-20(11)10-26/h2-3,6-9,27,30H,4-5,10H2,1H3,(H,24,28). The van der Waals surface area contributed by atoms with Crippen molar-refractivity contribution in [3.05, 3.63) is 62.4 Å². The summed E-state index contributed by atoms with van der Waals surface area (Å²) >= 11 is 7.18. The molecule has 0 aliphatic carbocycles. The highest BCUT2D eigenvalue weighted by atomic mass is 35.5. The monoisotopic (exact) mass is 471 g/mol. The Balaban J connectivity index is 1.42. The van der Waals surface area contributed by atoms with Gasteiger partial charge in [0.1, 0.15) is 17.2 Å². The molecule has 1 aliphatic rings. The first-order chi connectivity index (χ1) is 15.4. The number of thiophene rings is 1. The molecule has 164 valence electrons. The van der Waals surface area contributed by atoms with E-state index in [-0.39, 0.29) is 11.7 Å². The van der Waals surface area contributed by atoms with E-state index < -0.39 is 5.91 Å². The van der Waals surface area contributed by atoms with Crippen LogP contribution in [0, 0.1) is 0 Å². The van der Waals surface area contributed by atoms with Crippen LogP contribution >= 0.6 is 22.9 Å². The summed E-state index contributed by atoms with van der Waals surface area (Å²) in [6.45, 7) is 0.924. The summed E-state index contributed by atoms with van der Waals surface area (Å²) in [4.78, 5) is 28.0. The van der Waals surface area contributed by atoms with Gasteiger partial charge in [-0.15, -0.1) is 11.3 Å². The van der Waals surface area contributed by atoms with E-state index in [0.29, 0.717) is 52.0 Å². The van der Waals surface area contributed by atoms with Crippen molar-refractivity contribution >= 4 is 45.9 Å². The van der Waals surface area contributed by atoms with Crippen molar-refractivity contribution in [2.75, 3.05) is 6.54 Å². The summed E-state index contributed by atoms with van der Waals surface area (Å²) in [7, 11) is 1.79. The van der Waals surface area contributed by atoms with Gasteiger partial charge in [0.15, 0.2) is 5.58 Å². The lowest BCUT2D eigenvalue weighted by molar-refractivity contribution is 0.0708. The van der Waals surface area contributed by atoms with Gasteiger partial charge in [-0.25, -0.2) is 5.48 Å². The third-order valence-corrected chi connectivity index (χ3v) is 7.07. The molecule has 0 saturated heterocycles. The molecule has 8 nitrogen and oxygen atoms in total. The number of aromatic hydroxyl groups is 1. The van der Waals surface area contributed by atoms with Gasteiger partial charge in [-0.1, -0.05) is 11.6 Å². The van der Waals surface area contributed by atoms with Crippen LogP contribution in [0.4, 0.5) is 0 Å². The number of hydrogen-bond donors (Lipinski definition) is 3. The lowest BCUT2D eigenvalue weighted by Crippen LogP contribution is -2.36. The van der Waals surface area contributed by atoms with Gasteiger partial charge in [-0.2, -0.15) is 0 Å². The van der Waals surface area contributed by atoms with Crippen LogP contribution in [0.2, 0.25) is 5.02 Å². The van der Waals surface area contributed by atoms with Crippen molar-refractivity contribution in [1.82, 2.24) is 14.9 Å². The first-order valence-corrected chi connectivity index (χ1v) is 11.0. The number of nitrogens with zero attached hydrogens (tertiary/aromatic N) is 2. The molecule has 0 radical (unpaired) electrons. The number of benzene rings is 1. The summed E-state index contributed by atoms with van der Waals surface area (Å²) in [5.74, 6) is -0.188. The van der Waals surface area contributed by atoms with Crippen molar-refractivity contribution in [2.24, 2.45) is 7.05 Å². The van der Waals surface area contributed by atoms with E-state index in [1.165, 1.54) is 17.4 Å². The lowest BCUT2D eigenvalue weighted by Gasteiger charge is -2.27. The van der Waals surface area contributed by atoms with Gasteiger partial charge in [0, 0.05) is 35.6 Å². The number of halogens is 1. The topological polar surface area (TPSA) is 108 Å². The van der Waals surface area contributed by atoms with E-state index >= 15 is 0 Å². The van der Waals surface area contributed by atoms with Crippen molar-refractivity contribution in [1.29, 1.82) is 0 Å². The second-order valence-electron chi connectivity index (χ2n) is 7.59. The van der Waals surface area contributed by atoms with Crippen molar-refractivity contribution < 1.29 is 24.3 Å². The van der Waals surface area contributed by atoms with E-state index in [1.54, 1.807) is 52.3 Å². The molecule has 10 heteroatoms. The first kappa shape index (κ1) is 20.6. The van der Waals surface area contributed by atoms with Gasteiger partial charge in [0.05, 0.1) is 22.5 Å². The highest BCUT2D eigenvalue weighted by Crippen LogP contribution is 2.36. The predicted octanol–water partition coefficient (Wildman–Crippen LogP) is 4.18. The molecule has 5 rings (SSSR count). The maximum absolute atomic E-state index is 13.2. The Bertz CT molecular complexity index is 1390. The average molecular weight is 472 g/mol. The fourth-order valence-corrected chi connectivity index (χ4v) is 5.27. The Kier molecular flexibility index (Phi) is 4.96. The molecule has 4 aromatic rings. The number of rotatable bonds is 3. The van der Waals surface area contributed by atoms with Crippen LogP contribution in [0.3, 0.4) is 0 Å². The van der Waals surface area contributed by atoms with Gasteiger partial charge in [-0.3, -0.25) is 14.8 Å². The second-order valence-corrected chi connectivity index (χ2v) is 9.16. The number of amides is 2. The Morgan fingerprint density at radius 1 is 1.22 bits per heavy atom. The van der Waals surface area contributed by atoms with Crippen molar-refractivity contribution in [3.63, 3.8) is 0 Å². The van der Waals surface area contributed by atoms with E-state index in [1.807, 2.05) is 0 Å². The molecule has 1 aromatic carbocycles. The van der Waals surface area contributed by atoms with Crippen LogP contribution in [0.15, 0.2) is 40.8 Å². The molecule has 0 bridgehead atoms. The zero-order valence-electron chi connectivity index (χ0n) is 16.9. The number of hydrogen-bond acceptors (Lipinski definition) is 6. The van der Waals surface area contributed by atoms with Gasteiger partial charge in [0.2, 0.25) is 0 Å². The Labute approximate surface area is 191 Å². The summed E-state index contributed by atoms with van der Waals surface area (Å²) < 4.78 is 7.68. The number of hydroxylamine groups is 1. The second kappa shape index (κ2) is 7.70. The van der Waals surface area contributed by atoms with Crippen LogP contribution < -0.4 is 5.48 Å². The normalized spacial score (nSPS) is 13.4. The van der Waals surface area contributed by atoms with E-state index in [4.69, 9.17) is 21.2 Å². The number of nitrogens with one attached hydrogen (secondary N) is 1. The third kappa shape index (κ3) is 3.35. The molecule has 0 spiro atoms. The number of carbonyl (C=O) groups excluding carboxylic acids is 2. The first-order valence-electron chi connectivity index (χ1n) is 9.79. The number of phenolic OH excluding ortho intramolecular Hbond substituents is 1. The summed E-state index contributed by atoms with van der Waals surface area (Å²) in [6, 6.07) is 10.0. The van der Waals surface area contributed by atoms with E-state index in [9.17, 15) is 14.7 Å². The van der Waals surface area contributed by atoms with Gasteiger partial charge in [-0.05, 0) is 36.2 Å². The molecule has 0 unspecified atom stereocenters. The largest absolute Gasteiger partial charge is 0.507 e. The average Bonchev–Trinajstić information content (AvgIpc) is 3.46. The molecule has 0 fully saturated rings. The number of carbonyl (C=O) groups is 2. The summed E-state index contributed by atoms with van der Waals surface area (Å²) in [5, 5.41) is 19.4. The predicted molar refractivity (Wildman–Crippen MR) is 119 cm³/mol. The summed E-state index contributed by atoms with van der Waals surface area (Å²) in [5.41, 5.74) is 4.94. The van der Waals surface area contributed by atoms with Gasteiger partial charge in [0.25, 0.3) is 11.8 Å². The van der Waals surface area contributed by atoms with Crippen LogP contribution in [0.5, 0.6) is 5.75 Å². The maximum atomic E-state index is 13.2. The Hall–Kier alpha value is -3.27. The van der Waals surface area contributed by atoms with Crippen LogP contribution in [0.25, 0.3) is 22.4 Å². The molecular weight excluding hydrogens is 454 g/mol. The molecule has 1 aliphatic heterocycles. The SMILES string of the molecule is Cn1c(C(=O)N2CCc3cc(C(=O)NO)sc3C2)cc2oc(-c3ccc(Cl)cc3O)cc21. The Morgan fingerprint density at radius 3 is 2.75 bits per heavy atom. The zero-order chi connectivity index (χ0) is 22.6. The van der Waals surface area contributed by atoms with Gasteiger partial charge < -0.3 is 19.0 Å². The highest BCUT2D eigenvalue weighted by Gasteiger charge is 2.28. The van der Waals surface area contributed by atoms with Crippen LogP contribution in [-0.4, -0.2) is 38.1 Å². The fourth-order valence-electron chi connectivity index (χ4n) is 3.98. The van der Waals surface area contributed by atoms with Gasteiger partial charge >= 0.3 is 0 Å². The molecule has 32 heavy (non-hydrogen) atoms. The maximum Gasteiger partial charge on any atom is 0.284 e. The molecule has 3 aromatic heterocycles. The number of fused-ring (bicyclic) bond motifs is 2. The van der Waals surface area contributed by atoms with Crippen molar-refractivity contribution in [2.45, 2.75) is 13.0 Å². The van der Waals surface area contributed by atoms with E-state index in [0.717, 1.165) is 16.0 Å². The lowest BCUT2D eigenvalue weighted by atomic mass is 10.1. The van der Waals surface area contributed by atoms with Crippen molar-refractivity contribution in [3.8, 4) is 17.1 Å². The number of aromatic nitrogens is 1. The quantitative estimate of drug-likeness (QED) is 0.307. The molecule has 2 amide bonds. The van der Waals surface area contributed by atoms with E-state index in [2.05, 4.69) is 0 Å². The molecule has 0 saturated carbocycles. The summed E-state index contributed by atoms with van der Waals surface area (Å²) in [6.07, 6.45) is 0.636. The number of aryl methyl sites for hydroxylation is 1. The molecule has 4 heterocycles. The molecule has 0 atom stereocenters. The van der Waals surface area contributed by atoms with Crippen LogP contribution in [-0.2, 0) is 20.0 Å². The number of phenols is 1. The Morgan fingerprint density at radius 2 is 2.03 bits per heavy atom. The smallest absolute Gasteiger partial charge is 0.284 e. The number of furan rings is 1. The minimum absolute atomic E-state index is 0.0159. The molecular formula is C22H18ClN3O5S. The third-order valence-electron chi connectivity index (χ3n) is 5.67. The highest BCUT2D eigenvalue weighted by molar-refractivity contribution is 7.14.